The zero-order valence-electron chi connectivity index (χ0n) is 19.1. The molecule has 29 heavy (non-hydrogen) atoms. The summed E-state index contributed by atoms with van der Waals surface area (Å²) in [6.45, 7) is 14.4. The molecule has 172 valence electrons. The molecule has 7 heteroatoms. The molecular formula is C22H45IN4OS. The fourth-order valence-corrected chi connectivity index (χ4v) is 6.22. The van der Waals surface area contributed by atoms with Gasteiger partial charge in [-0.2, -0.15) is 0 Å². The van der Waals surface area contributed by atoms with E-state index in [1.165, 1.54) is 38.9 Å². The van der Waals surface area contributed by atoms with Crippen molar-refractivity contribution in [3.8, 4) is 0 Å². The summed E-state index contributed by atoms with van der Waals surface area (Å²) in [4.78, 5) is 7.45. The van der Waals surface area contributed by atoms with Crippen LogP contribution in [0, 0.1) is 11.8 Å². The lowest BCUT2D eigenvalue weighted by Gasteiger charge is -2.34. The minimum Gasteiger partial charge on any atom is -0.357 e. The van der Waals surface area contributed by atoms with Gasteiger partial charge in [0, 0.05) is 54.0 Å². The molecule has 1 saturated carbocycles. The minimum atomic E-state index is -0.674. The molecule has 0 aromatic rings. The second-order valence-corrected chi connectivity index (χ2v) is 11.0. The summed E-state index contributed by atoms with van der Waals surface area (Å²) in [6, 6.07) is 0.406. The molecule has 0 bridgehead atoms. The van der Waals surface area contributed by atoms with Crippen LogP contribution in [0.3, 0.4) is 0 Å². The Hall–Kier alpha value is 0.110. The molecule has 2 fully saturated rings. The third-order valence-electron chi connectivity index (χ3n) is 6.06. The second-order valence-electron chi connectivity index (χ2n) is 8.97. The van der Waals surface area contributed by atoms with E-state index in [-0.39, 0.29) is 24.0 Å². The first-order valence-electron chi connectivity index (χ1n) is 11.7. The van der Waals surface area contributed by atoms with Crippen LogP contribution in [0.2, 0.25) is 0 Å². The SMILES string of the molecule is CCNC(=NCCCCN1CC(C)CC(C)C1)NC1CCCC(S(=O)CC)C1.I. The van der Waals surface area contributed by atoms with Crippen molar-refractivity contribution in [3.63, 3.8) is 0 Å². The van der Waals surface area contributed by atoms with Crippen LogP contribution in [0.5, 0.6) is 0 Å². The number of piperidine rings is 1. The minimum absolute atomic E-state index is 0. The maximum Gasteiger partial charge on any atom is 0.191 e. The van der Waals surface area contributed by atoms with Crippen LogP contribution in [0.1, 0.15) is 72.6 Å². The van der Waals surface area contributed by atoms with E-state index in [4.69, 9.17) is 4.99 Å². The van der Waals surface area contributed by atoms with E-state index in [9.17, 15) is 4.21 Å². The van der Waals surface area contributed by atoms with Crippen LogP contribution in [0.15, 0.2) is 4.99 Å². The molecule has 1 aliphatic heterocycles. The lowest BCUT2D eigenvalue weighted by Crippen LogP contribution is -2.46. The molecule has 2 rings (SSSR count). The first-order chi connectivity index (χ1) is 13.5. The standard InChI is InChI=1S/C22H44N4OS.HI/c1-5-23-22(25-20-10-9-11-21(15-20)28(27)6-2)24-12-7-8-13-26-16-18(3)14-19(4)17-26;/h18-21H,5-17H2,1-4H3,(H2,23,24,25);1H. The van der Waals surface area contributed by atoms with Crippen molar-refractivity contribution in [2.75, 3.05) is 38.5 Å². The predicted octanol–water partition coefficient (Wildman–Crippen LogP) is 4.00. The Labute approximate surface area is 199 Å². The lowest BCUT2D eigenvalue weighted by atomic mass is 9.92. The molecule has 2 N–H and O–H groups in total. The van der Waals surface area contributed by atoms with Crippen molar-refractivity contribution in [3.05, 3.63) is 0 Å². The monoisotopic (exact) mass is 540 g/mol. The van der Waals surface area contributed by atoms with Crippen LogP contribution in [-0.2, 0) is 10.8 Å². The number of nitrogens with zero attached hydrogens (tertiary/aromatic N) is 2. The molecule has 5 atom stereocenters. The molecule has 1 heterocycles. The number of hydrogen-bond donors (Lipinski definition) is 2. The molecule has 1 saturated heterocycles. The molecule has 0 aromatic heterocycles. The van der Waals surface area contributed by atoms with Gasteiger partial charge in [-0.25, -0.2) is 0 Å². The van der Waals surface area contributed by atoms with E-state index in [0.29, 0.717) is 11.3 Å². The molecule has 5 unspecified atom stereocenters. The molecule has 1 aliphatic carbocycles. The fraction of sp³-hybridized carbons (Fsp3) is 0.955. The fourth-order valence-electron chi connectivity index (χ4n) is 4.88. The average molecular weight is 541 g/mol. The van der Waals surface area contributed by atoms with Gasteiger partial charge in [0.15, 0.2) is 5.96 Å². The third kappa shape index (κ3) is 10.3. The van der Waals surface area contributed by atoms with Crippen LogP contribution >= 0.6 is 24.0 Å². The van der Waals surface area contributed by atoms with Gasteiger partial charge in [-0.1, -0.05) is 27.2 Å². The molecule has 0 amide bonds. The molecule has 5 nitrogen and oxygen atoms in total. The van der Waals surface area contributed by atoms with Gasteiger partial charge < -0.3 is 15.5 Å². The second kappa shape index (κ2) is 15.0. The van der Waals surface area contributed by atoms with Gasteiger partial charge in [-0.05, 0) is 63.8 Å². The Balaban J connectivity index is 0.00000420. The highest BCUT2D eigenvalue weighted by molar-refractivity contribution is 14.0. The number of unbranched alkanes of at least 4 members (excludes halogenated alkanes) is 1. The number of aliphatic imine (C=N–C) groups is 1. The van der Waals surface area contributed by atoms with Gasteiger partial charge in [0.2, 0.25) is 0 Å². The number of rotatable bonds is 9. The van der Waals surface area contributed by atoms with E-state index < -0.39 is 10.8 Å². The summed E-state index contributed by atoms with van der Waals surface area (Å²) in [5.41, 5.74) is 0. The largest absolute Gasteiger partial charge is 0.357 e. The molecule has 0 spiro atoms. The van der Waals surface area contributed by atoms with E-state index in [1.807, 2.05) is 6.92 Å². The van der Waals surface area contributed by atoms with Gasteiger partial charge in [0.1, 0.15) is 0 Å². The summed E-state index contributed by atoms with van der Waals surface area (Å²) < 4.78 is 12.2. The zero-order valence-corrected chi connectivity index (χ0v) is 22.3. The van der Waals surface area contributed by atoms with Crippen molar-refractivity contribution in [2.24, 2.45) is 16.8 Å². The average Bonchev–Trinajstić information content (AvgIpc) is 2.66. The van der Waals surface area contributed by atoms with Crippen LogP contribution in [-0.4, -0.2) is 64.8 Å². The molecule has 0 aromatic carbocycles. The zero-order chi connectivity index (χ0) is 20.4. The van der Waals surface area contributed by atoms with E-state index in [1.54, 1.807) is 0 Å². The molecule has 2 aliphatic rings. The van der Waals surface area contributed by atoms with Crippen molar-refractivity contribution < 1.29 is 4.21 Å². The highest BCUT2D eigenvalue weighted by Gasteiger charge is 2.26. The normalized spacial score (nSPS) is 29.7. The van der Waals surface area contributed by atoms with Crippen LogP contribution < -0.4 is 10.6 Å². The smallest absolute Gasteiger partial charge is 0.191 e. The summed E-state index contributed by atoms with van der Waals surface area (Å²) >= 11 is 0. The Bertz CT molecular complexity index is 495. The summed E-state index contributed by atoms with van der Waals surface area (Å²) in [7, 11) is -0.674. The first kappa shape index (κ1) is 27.1. The number of guanidine groups is 1. The summed E-state index contributed by atoms with van der Waals surface area (Å²) in [5, 5.41) is 7.36. The number of likely N-dealkylation sites (tertiary alicyclic amines) is 1. The Morgan fingerprint density at radius 1 is 1.10 bits per heavy atom. The summed E-state index contributed by atoms with van der Waals surface area (Å²) in [6.07, 6.45) is 8.20. The van der Waals surface area contributed by atoms with Gasteiger partial charge in [-0.3, -0.25) is 9.20 Å². The lowest BCUT2D eigenvalue weighted by molar-refractivity contribution is 0.139. The molecular weight excluding hydrogens is 495 g/mol. The Morgan fingerprint density at radius 2 is 1.83 bits per heavy atom. The van der Waals surface area contributed by atoms with Gasteiger partial charge in [0.05, 0.1) is 0 Å². The maximum absolute atomic E-state index is 12.2. The number of halogens is 1. The van der Waals surface area contributed by atoms with Crippen molar-refractivity contribution in [2.45, 2.75) is 83.9 Å². The van der Waals surface area contributed by atoms with E-state index >= 15 is 0 Å². The van der Waals surface area contributed by atoms with Gasteiger partial charge in [-0.15, -0.1) is 24.0 Å². The maximum atomic E-state index is 12.2. The number of hydrogen-bond acceptors (Lipinski definition) is 3. The van der Waals surface area contributed by atoms with Crippen LogP contribution in [0.25, 0.3) is 0 Å². The Morgan fingerprint density at radius 3 is 2.48 bits per heavy atom. The number of nitrogens with one attached hydrogen (secondary N) is 2. The Kier molecular flexibility index (Phi) is 14.0. The van der Waals surface area contributed by atoms with E-state index in [0.717, 1.165) is 62.3 Å². The highest BCUT2D eigenvalue weighted by atomic mass is 127. The first-order valence-corrected chi connectivity index (χ1v) is 13.0. The predicted molar refractivity (Wildman–Crippen MR) is 138 cm³/mol. The van der Waals surface area contributed by atoms with E-state index in [2.05, 4.69) is 36.3 Å². The van der Waals surface area contributed by atoms with Crippen molar-refractivity contribution in [1.29, 1.82) is 0 Å². The van der Waals surface area contributed by atoms with Crippen LogP contribution in [0.4, 0.5) is 0 Å². The van der Waals surface area contributed by atoms with Crippen molar-refractivity contribution in [1.82, 2.24) is 15.5 Å². The topological polar surface area (TPSA) is 56.7 Å². The van der Waals surface area contributed by atoms with Gasteiger partial charge >= 0.3 is 0 Å². The third-order valence-corrected chi connectivity index (χ3v) is 7.81. The highest BCUT2D eigenvalue weighted by Crippen LogP contribution is 2.23. The van der Waals surface area contributed by atoms with Crippen molar-refractivity contribution >= 4 is 40.7 Å². The van der Waals surface area contributed by atoms with Gasteiger partial charge in [0.25, 0.3) is 0 Å². The molecule has 0 radical (unpaired) electrons. The summed E-state index contributed by atoms with van der Waals surface area (Å²) in [5.74, 6) is 3.40. The quantitative estimate of drug-likeness (QED) is 0.201.